The Morgan fingerprint density at radius 1 is 1.07 bits per heavy atom. The molecule has 0 bridgehead atoms. The zero-order valence-electron chi connectivity index (χ0n) is 15.8. The summed E-state index contributed by atoms with van der Waals surface area (Å²) < 4.78 is 5.55. The van der Waals surface area contributed by atoms with Gasteiger partial charge in [-0.2, -0.15) is 0 Å². The van der Waals surface area contributed by atoms with Crippen LogP contribution in [0.5, 0.6) is 0 Å². The number of halogens is 2. The van der Waals surface area contributed by atoms with E-state index in [1.807, 2.05) is 30.3 Å². The van der Waals surface area contributed by atoms with Gasteiger partial charge in [0.1, 0.15) is 6.61 Å². The second-order valence-electron chi connectivity index (χ2n) is 6.56. The van der Waals surface area contributed by atoms with Crippen molar-refractivity contribution in [1.82, 2.24) is 9.80 Å². The van der Waals surface area contributed by atoms with Crippen molar-refractivity contribution < 1.29 is 14.3 Å². The fraction of sp³-hybridized carbons (Fsp3) is 0.238. The van der Waals surface area contributed by atoms with Gasteiger partial charge in [-0.15, -0.1) is 0 Å². The molecule has 1 aliphatic heterocycles. The summed E-state index contributed by atoms with van der Waals surface area (Å²) in [5.41, 5.74) is 2.32. The number of allylic oxidation sites excluding steroid dienone is 1. The van der Waals surface area contributed by atoms with Crippen LogP contribution in [-0.4, -0.2) is 35.9 Å². The predicted molar refractivity (Wildman–Crippen MR) is 109 cm³/mol. The van der Waals surface area contributed by atoms with Gasteiger partial charge in [-0.25, -0.2) is 9.59 Å². The van der Waals surface area contributed by atoms with E-state index in [1.165, 1.54) is 9.80 Å². The van der Waals surface area contributed by atoms with Crippen molar-refractivity contribution in [1.29, 1.82) is 0 Å². The van der Waals surface area contributed by atoms with Crippen molar-refractivity contribution in [3.05, 3.63) is 81.0 Å². The van der Waals surface area contributed by atoms with E-state index in [1.54, 1.807) is 39.2 Å². The molecule has 0 saturated carbocycles. The molecule has 0 spiro atoms. The first-order valence-electron chi connectivity index (χ1n) is 8.69. The van der Waals surface area contributed by atoms with E-state index < -0.39 is 12.0 Å². The van der Waals surface area contributed by atoms with Gasteiger partial charge in [0.05, 0.1) is 21.7 Å². The van der Waals surface area contributed by atoms with E-state index in [4.69, 9.17) is 27.9 Å². The second-order valence-corrected chi connectivity index (χ2v) is 7.34. The Bertz CT molecular complexity index is 944. The van der Waals surface area contributed by atoms with Crippen LogP contribution in [-0.2, 0) is 16.1 Å². The summed E-state index contributed by atoms with van der Waals surface area (Å²) >= 11 is 12.6. The highest BCUT2D eigenvalue weighted by molar-refractivity contribution is 6.42. The SMILES string of the molecule is CC1=C(C(=O)OCc2ccccc2)C(c2cccc(Cl)c2Cl)N(C)C(=O)N1C. The molecular formula is C21H20Cl2N2O3. The minimum atomic E-state index is -0.696. The first-order chi connectivity index (χ1) is 13.3. The van der Waals surface area contributed by atoms with Crippen LogP contribution in [0.1, 0.15) is 24.1 Å². The van der Waals surface area contributed by atoms with E-state index in [-0.39, 0.29) is 12.6 Å². The average Bonchev–Trinajstić information content (AvgIpc) is 2.70. The summed E-state index contributed by atoms with van der Waals surface area (Å²) in [4.78, 5) is 28.6. The van der Waals surface area contributed by atoms with Crippen molar-refractivity contribution in [3.8, 4) is 0 Å². The molecule has 0 aliphatic carbocycles. The molecule has 3 rings (SSSR count). The highest BCUT2D eigenvalue weighted by atomic mass is 35.5. The number of hydrogen-bond donors (Lipinski definition) is 0. The number of carbonyl (C=O) groups excluding carboxylic acids is 2. The first kappa shape index (κ1) is 20.2. The zero-order chi connectivity index (χ0) is 20.4. The Labute approximate surface area is 174 Å². The quantitative estimate of drug-likeness (QED) is 0.652. The zero-order valence-corrected chi connectivity index (χ0v) is 17.3. The highest BCUT2D eigenvalue weighted by Gasteiger charge is 2.40. The van der Waals surface area contributed by atoms with Gasteiger partial charge in [0.15, 0.2) is 0 Å². The molecule has 0 N–H and O–H groups in total. The summed E-state index contributed by atoms with van der Waals surface area (Å²) in [5, 5.41) is 0.660. The summed E-state index contributed by atoms with van der Waals surface area (Å²) in [6.07, 6.45) is 0. The molecule has 146 valence electrons. The van der Waals surface area contributed by atoms with Crippen molar-refractivity contribution in [2.45, 2.75) is 19.6 Å². The van der Waals surface area contributed by atoms with Gasteiger partial charge in [-0.3, -0.25) is 0 Å². The number of esters is 1. The number of ether oxygens (including phenoxy) is 1. The maximum absolute atomic E-state index is 13.0. The van der Waals surface area contributed by atoms with Gasteiger partial charge < -0.3 is 14.5 Å². The lowest BCUT2D eigenvalue weighted by atomic mass is 9.93. The topological polar surface area (TPSA) is 49.9 Å². The van der Waals surface area contributed by atoms with Crippen molar-refractivity contribution >= 4 is 35.2 Å². The molecule has 2 aromatic carbocycles. The van der Waals surface area contributed by atoms with Crippen molar-refractivity contribution in [2.24, 2.45) is 0 Å². The van der Waals surface area contributed by atoms with Crippen molar-refractivity contribution in [3.63, 3.8) is 0 Å². The van der Waals surface area contributed by atoms with Gasteiger partial charge in [0.25, 0.3) is 0 Å². The first-order valence-corrected chi connectivity index (χ1v) is 9.44. The standard InChI is InChI=1S/C21H20Cl2N2O3/c1-13-17(20(26)28-12-14-8-5-4-6-9-14)19(25(3)21(27)24(13)2)15-10-7-11-16(22)18(15)23/h4-11,19H,12H2,1-3H3. The van der Waals surface area contributed by atoms with Gasteiger partial charge in [0.2, 0.25) is 0 Å². The Kier molecular flexibility index (Phi) is 5.96. The molecule has 2 aromatic rings. The molecule has 1 aliphatic rings. The van der Waals surface area contributed by atoms with Crippen LogP contribution in [0, 0.1) is 0 Å². The number of urea groups is 1. The Hall–Kier alpha value is -2.50. The molecule has 1 unspecified atom stereocenters. The lowest BCUT2D eigenvalue weighted by Crippen LogP contribution is -2.47. The lowest BCUT2D eigenvalue weighted by Gasteiger charge is -2.39. The number of rotatable bonds is 4. The lowest BCUT2D eigenvalue weighted by molar-refractivity contribution is -0.141. The number of benzene rings is 2. The molecule has 5 nitrogen and oxygen atoms in total. The van der Waals surface area contributed by atoms with Crippen LogP contribution in [0.4, 0.5) is 4.79 Å². The molecular weight excluding hydrogens is 399 g/mol. The molecule has 0 fully saturated rings. The normalized spacial score (nSPS) is 17.2. The number of nitrogens with zero attached hydrogens (tertiary/aromatic N) is 2. The van der Waals surface area contributed by atoms with E-state index in [2.05, 4.69) is 0 Å². The predicted octanol–water partition coefficient (Wildman–Crippen LogP) is 5.05. The Balaban J connectivity index is 2.01. The highest BCUT2D eigenvalue weighted by Crippen LogP contribution is 2.41. The minimum absolute atomic E-state index is 0.133. The van der Waals surface area contributed by atoms with Crippen LogP contribution in [0.15, 0.2) is 59.8 Å². The van der Waals surface area contributed by atoms with Gasteiger partial charge >= 0.3 is 12.0 Å². The molecule has 1 atom stereocenters. The van der Waals surface area contributed by atoms with Crippen LogP contribution in [0.25, 0.3) is 0 Å². The van der Waals surface area contributed by atoms with E-state index in [0.717, 1.165) is 5.56 Å². The fourth-order valence-electron chi connectivity index (χ4n) is 3.22. The summed E-state index contributed by atoms with van der Waals surface area (Å²) in [6, 6.07) is 13.6. The molecule has 1 heterocycles. The average molecular weight is 419 g/mol. The Morgan fingerprint density at radius 2 is 1.75 bits per heavy atom. The molecule has 28 heavy (non-hydrogen) atoms. The smallest absolute Gasteiger partial charge is 0.338 e. The van der Waals surface area contributed by atoms with Gasteiger partial charge in [-0.05, 0) is 24.1 Å². The second kappa shape index (κ2) is 8.25. The third-order valence-electron chi connectivity index (χ3n) is 4.85. The molecule has 2 amide bonds. The van der Waals surface area contributed by atoms with Crippen LogP contribution < -0.4 is 0 Å². The van der Waals surface area contributed by atoms with Gasteiger partial charge in [-0.1, -0.05) is 65.7 Å². The van der Waals surface area contributed by atoms with E-state index >= 15 is 0 Å². The molecule has 7 heteroatoms. The minimum Gasteiger partial charge on any atom is -0.457 e. The molecule has 0 radical (unpaired) electrons. The number of carbonyl (C=O) groups is 2. The van der Waals surface area contributed by atoms with E-state index in [0.29, 0.717) is 26.9 Å². The third kappa shape index (κ3) is 3.73. The summed E-state index contributed by atoms with van der Waals surface area (Å²) in [5.74, 6) is -0.506. The number of likely N-dealkylation sites (N-methyl/N-ethyl adjacent to an activating group) is 1. The number of amides is 2. The van der Waals surface area contributed by atoms with Crippen LogP contribution >= 0.6 is 23.2 Å². The van der Waals surface area contributed by atoms with Crippen LogP contribution in [0.2, 0.25) is 10.0 Å². The molecule has 0 saturated heterocycles. The number of hydrogen-bond acceptors (Lipinski definition) is 3. The monoisotopic (exact) mass is 418 g/mol. The fourth-order valence-corrected chi connectivity index (χ4v) is 3.63. The van der Waals surface area contributed by atoms with Crippen molar-refractivity contribution in [2.75, 3.05) is 14.1 Å². The maximum Gasteiger partial charge on any atom is 0.338 e. The van der Waals surface area contributed by atoms with Crippen LogP contribution in [0.3, 0.4) is 0 Å². The molecule has 0 aromatic heterocycles. The summed E-state index contributed by atoms with van der Waals surface area (Å²) in [6.45, 7) is 1.85. The maximum atomic E-state index is 13.0. The third-order valence-corrected chi connectivity index (χ3v) is 5.68. The van der Waals surface area contributed by atoms with E-state index in [9.17, 15) is 9.59 Å². The van der Waals surface area contributed by atoms with Gasteiger partial charge in [0, 0.05) is 19.8 Å². The largest absolute Gasteiger partial charge is 0.457 e. The Morgan fingerprint density at radius 3 is 2.43 bits per heavy atom. The summed E-state index contributed by atoms with van der Waals surface area (Å²) in [7, 11) is 3.24.